The smallest absolute Gasteiger partial charge is 0.210 e. The zero-order valence-electron chi connectivity index (χ0n) is 9.87. The average molecular weight is 256 g/mol. The van der Waals surface area contributed by atoms with Crippen LogP contribution in [0.3, 0.4) is 0 Å². The molecule has 0 saturated carbocycles. The van der Waals surface area contributed by atoms with Gasteiger partial charge in [0.15, 0.2) is 0 Å². The van der Waals surface area contributed by atoms with Crippen molar-refractivity contribution in [3.05, 3.63) is 47.7 Å². The van der Waals surface area contributed by atoms with E-state index in [0.29, 0.717) is 0 Å². The number of nitrogen functional groups attached to an aromatic ring is 1. The van der Waals surface area contributed by atoms with Gasteiger partial charge in [-0.1, -0.05) is 12.1 Å². The summed E-state index contributed by atoms with van der Waals surface area (Å²) in [7, 11) is 0. The van der Waals surface area contributed by atoms with Crippen molar-refractivity contribution in [2.24, 2.45) is 0 Å². The zero-order chi connectivity index (χ0) is 12.5. The minimum absolute atomic E-state index is 0.755. The summed E-state index contributed by atoms with van der Waals surface area (Å²) in [6.07, 6.45) is 3.79. The quantitative estimate of drug-likeness (QED) is 0.717. The predicted octanol–water partition coefficient (Wildman–Crippen LogP) is 2.89. The Morgan fingerprint density at radius 1 is 1.28 bits per heavy atom. The highest BCUT2D eigenvalue weighted by Crippen LogP contribution is 2.22. The van der Waals surface area contributed by atoms with Crippen LogP contribution in [0.4, 0.5) is 5.69 Å². The van der Waals surface area contributed by atoms with Crippen LogP contribution in [0.2, 0.25) is 0 Å². The average Bonchev–Trinajstić information content (AvgIpc) is 2.97. The van der Waals surface area contributed by atoms with E-state index in [-0.39, 0.29) is 0 Å². The van der Waals surface area contributed by atoms with Gasteiger partial charge in [-0.25, -0.2) is 9.67 Å². The van der Waals surface area contributed by atoms with Crippen LogP contribution >= 0.6 is 11.3 Å². The first-order chi connectivity index (χ1) is 8.72. The fraction of sp³-hybridized carbons (Fsp3) is 0.0769. The first-order valence-electron chi connectivity index (χ1n) is 5.55. The standard InChI is InChI=1S/C13H12N4S/c1-9-8-18-13(16-9)17-7-11(6-15-17)10-3-2-4-12(14)5-10/h2-8H,14H2,1H3. The molecule has 18 heavy (non-hydrogen) atoms. The number of anilines is 1. The lowest BCUT2D eigenvalue weighted by atomic mass is 10.1. The number of aryl methyl sites for hydroxylation is 1. The van der Waals surface area contributed by atoms with E-state index in [0.717, 1.165) is 27.6 Å². The lowest BCUT2D eigenvalue weighted by Crippen LogP contribution is -1.92. The van der Waals surface area contributed by atoms with Gasteiger partial charge in [0, 0.05) is 22.8 Å². The van der Waals surface area contributed by atoms with E-state index in [1.165, 1.54) is 0 Å². The van der Waals surface area contributed by atoms with E-state index < -0.39 is 0 Å². The molecule has 2 N–H and O–H groups in total. The summed E-state index contributed by atoms with van der Waals surface area (Å²) in [6, 6.07) is 7.77. The third-order valence-corrected chi connectivity index (χ3v) is 3.55. The van der Waals surface area contributed by atoms with E-state index in [4.69, 9.17) is 5.73 Å². The van der Waals surface area contributed by atoms with Crippen LogP contribution in [0.1, 0.15) is 5.69 Å². The highest BCUT2D eigenvalue weighted by molar-refractivity contribution is 7.12. The highest BCUT2D eigenvalue weighted by atomic mass is 32.1. The number of hydrogen-bond donors (Lipinski definition) is 1. The highest BCUT2D eigenvalue weighted by Gasteiger charge is 2.06. The summed E-state index contributed by atoms with van der Waals surface area (Å²) >= 11 is 1.58. The summed E-state index contributed by atoms with van der Waals surface area (Å²) in [5.74, 6) is 0. The van der Waals surface area contributed by atoms with Gasteiger partial charge in [0.25, 0.3) is 0 Å². The molecule has 3 aromatic rings. The molecule has 0 spiro atoms. The number of hydrogen-bond acceptors (Lipinski definition) is 4. The van der Waals surface area contributed by atoms with Gasteiger partial charge in [0.2, 0.25) is 5.13 Å². The van der Waals surface area contributed by atoms with Gasteiger partial charge in [-0.3, -0.25) is 0 Å². The largest absolute Gasteiger partial charge is 0.399 e. The SMILES string of the molecule is Cc1csc(-n2cc(-c3cccc(N)c3)cn2)n1. The van der Waals surface area contributed by atoms with E-state index in [9.17, 15) is 0 Å². The Hall–Kier alpha value is -2.14. The molecule has 0 radical (unpaired) electrons. The molecule has 0 saturated heterocycles. The summed E-state index contributed by atoms with van der Waals surface area (Å²) in [5.41, 5.74) is 9.65. The number of aromatic nitrogens is 3. The third kappa shape index (κ3) is 2.00. The molecule has 4 nitrogen and oxygen atoms in total. The fourth-order valence-corrected chi connectivity index (χ4v) is 2.47. The second-order valence-corrected chi connectivity index (χ2v) is 4.91. The van der Waals surface area contributed by atoms with Gasteiger partial charge >= 0.3 is 0 Å². The van der Waals surface area contributed by atoms with E-state index in [2.05, 4.69) is 10.1 Å². The Labute approximate surface area is 109 Å². The van der Waals surface area contributed by atoms with Crippen LogP contribution in [0.25, 0.3) is 16.3 Å². The molecule has 0 bridgehead atoms. The van der Waals surface area contributed by atoms with Crippen LogP contribution in [-0.2, 0) is 0 Å². The summed E-state index contributed by atoms with van der Waals surface area (Å²) < 4.78 is 1.79. The number of benzene rings is 1. The van der Waals surface area contributed by atoms with Crippen molar-refractivity contribution in [3.8, 4) is 16.3 Å². The van der Waals surface area contributed by atoms with Gasteiger partial charge in [-0.05, 0) is 24.6 Å². The van der Waals surface area contributed by atoms with E-state index in [1.807, 2.05) is 49.0 Å². The van der Waals surface area contributed by atoms with Crippen LogP contribution in [0.15, 0.2) is 42.0 Å². The number of thiazole rings is 1. The Balaban J connectivity index is 1.99. The molecule has 0 amide bonds. The van der Waals surface area contributed by atoms with Gasteiger partial charge in [-0.2, -0.15) is 5.10 Å². The topological polar surface area (TPSA) is 56.7 Å². The summed E-state index contributed by atoms with van der Waals surface area (Å²) in [5, 5.41) is 7.22. The van der Waals surface area contributed by atoms with Crippen LogP contribution < -0.4 is 5.73 Å². The predicted molar refractivity (Wildman–Crippen MR) is 73.8 cm³/mol. The first-order valence-corrected chi connectivity index (χ1v) is 6.43. The van der Waals surface area contributed by atoms with Crippen molar-refractivity contribution in [2.75, 3.05) is 5.73 Å². The lowest BCUT2D eigenvalue weighted by Gasteiger charge is -1.98. The molecule has 0 fully saturated rings. The zero-order valence-corrected chi connectivity index (χ0v) is 10.7. The van der Waals surface area contributed by atoms with Crippen molar-refractivity contribution < 1.29 is 0 Å². The molecule has 0 aliphatic carbocycles. The molecule has 0 aliphatic heterocycles. The second kappa shape index (κ2) is 4.27. The number of nitrogens with zero attached hydrogens (tertiary/aromatic N) is 3. The third-order valence-electron chi connectivity index (χ3n) is 2.61. The maximum Gasteiger partial charge on any atom is 0.210 e. The van der Waals surface area contributed by atoms with E-state index in [1.54, 1.807) is 16.0 Å². The Morgan fingerprint density at radius 3 is 2.89 bits per heavy atom. The minimum Gasteiger partial charge on any atom is -0.399 e. The molecule has 0 aliphatic rings. The molecule has 2 heterocycles. The van der Waals surface area contributed by atoms with Crippen molar-refractivity contribution in [2.45, 2.75) is 6.92 Å². The Morgan fingerprint density at radius 2 is 2.17 bits per heavy atom. The first kappa shape index (κ1) is 11.0. The normalized spacial score (nSPS) is 10.7. The van der Waals surface area contributed by atoms with Crippen LogP contribution in [-0.4, -0.2) is 14.8 Å². The Bertz CT molecular complexity index is 684. The lowest BCUT2D eigenvalue weighted by molar-refractivity contribution is 0.865. The molecule has 0 atom stereocenters. The van der Waals surface area contributed by atoms with Gasteiger partial charge < -0.3 is 5.73 Å². The molecule has 2 aromatic heterocycles. The molecule has 3 rings (SSSR count). The summed E-state index contributed by atoms with van der Waals surface area (Å²) in [4.78, 5) is 4.40. The minimum atomic E-state index is 0.755. The van der Waals surface area contributed by atoms with Gasteiger partial charge in [-0.15, -0.1) is 11.3 Å². The monoisotopic (exact) mass is 256 g/mol. The van der Waals surface area contributed by atoms with Gasteiger partial charge in [0.05, 0.1) is 11.9 Å². The fourth-order valence-electron chi connectivity index (χ4n) is 1.74. The molecular weight excluding hydrogens is 244 g/mol. The molecule has 1 aromatic carbocycles. The maximum absolute atomic E-state index is 5.78. The molecule has 5 heteroatoms. The van der Waals surface area contributed by atoms with Gasteiger partial charge in [0.1, 0.15) is 0 Å². The van der Waals surface area contributed by atoms with Crippen molar-refractivity contribution in [3.63, 3.8) is 0 Å². The molecular formula is C13H12N4S. The molecule has 90 valence electrons. The van der Waals surface area contributed by atoms with Crippen molar-refractivity contribution in [1.29, 1.82) is 0 Å². The second-order valence-electron chi connectivity index (χ2n) is 4.07. The molecule has 0 unspecified atom stereocenters. The van der Waals surface area contributed by atoms with Crippen LogP contribution in [0.5, 0.6) is 0 Å². The van der Waals surface area contributed by atoms with Crippen LogP contribution in [0, 0.1) is 6.92 Å². The number of rotatable bonds is 2. The summed E-state index contributed by atoms with van der Waals surface area (Å²) in [6.45, 7) is 1.97. The number of nitrogens with two attached hydrogens (primary N) is 1. The van der Waals surface area contributed by atoms with Crippen molar-refractivity contribution >= 4 is 17.0 Å². The Kier molecular flexibility index (Phi) is 2.60. The van der Waals surface area contributed by atoms with E-state index >= 15 is 0 Å². The van der Waals surface area contributed by atoms with Crippen molar-refractivity contribution in [1.82, 2.24) is 14.8 Å². The maximum atomic E-state index is 5.78.